The maximum absolute atomic E-state index is 12.6. The van der Waals surface area contributed by atoms with Crippen LogP contribution < -0.4 is 5.32 Å². The van der Waals surface area contributed by atoms with E-state index in [1.165, 1.54) is 55.6 Å². The van der Waals surface area contributed by atoms with Crippen LogP contribution in [-0.2, 0) is 23.4 Å². The zero-order valence-corrected chi connectivity index (χ0v) is 18.3. The van der Waals surface area contributed by atoms with Crippen molar-refractivity contribution in [2.75, 3.05) is 26.2 Å². The van der Waals surface area contributed by atoms with E-state index < -0.39 is 0 Å². The molecule has 0 bridgehead atoms. The summed E-state index contributed by atoms with van der Waals surface area (Å²) in [5.74, 6) is 2.71. The fourth-order valence-corrected chi connectivity index (χ4v) is 7.49. The Kier molecular flexibility index (Phi) is 6.30. The van der Waals surface area contributed by atoms with Crippen LogP contribution in [0.5, 0.6) is 0 Å². The van der Waals surface area contributed by atoms with Crippen molar-refractivity contribution in [1.29, 1.82) is 0 Å². The molecule has 1 aromatic heterocycles. The SMILES string of the molecule is C[C@H]1C[C@H](C)CN(CCCNC(=O)C2=Cc3sc4c(c3CS2)CCCC4)C1. The van der Waals surface area contributed by atoms with E-state index >= 15 is 0 Å². The van der Waals surface area contributed by atoms with Crippen molar-refractivity contribution in [3.05, 3.63) is 25.8 Å². The van der Waals surface area contributed by atoms with Crippen LogP contribution in [0.2, 0.25) is 0 Å². The topological polar surface area (TPSA) is 32.3 Å². The fourth-order valence-electron chi connectivity index (χ4n) is 4.94. The fraction of sp³-hybridized carbons (Fsp3) is 0.682. The van der Waals surface area contributed by atoms with Gasteiger partial charge in [0.1, 0.15) is 0 Å². The first-order valence-corrected chi connectivity index (χ1v) is 12.4. The number of likely N-dealkylation sites (tertiary alicyclic amines) is 1. The van der Waals surface area contributed by atoms with Gasteiger partial charge in [-0.3, -0.25) is 4.79 Å². The first-order chi connectivity index (χ1) is 13.1. The van der Waals surface area contributed by atoms with E-state index in [-0.39, 0.29) is 5.91 Å². The van der Waals surface area contributed by atoms with E-state index in [9.17, 15) is 4.79 Å². The number of rotatable bonds is 5. The predicted molar refractivity (Wildman–Crippen MR) is 117 cm³/mol. The number of nitrogens with one attached hydrogen (secondary N) is 1. The number of nitrogens with zero attached hydrogens (tertiary/aromatic N) is 1. The molecule has 1 saturated heterocycles. The Morgan fingerprint density at radius 1 is 1.19 bits per heavy atom. The average Bonchev–Trinajstić information content (AvgIpc) is 3.02. The molecule has 1 N–H and O–H groups in total. The number of piperidine rings is 1. The molecule has 0 saturated carbocycles. The Hall–Kier alpha value is -0.780. The van der Waals surface area contributed by atoms with Crippen LogP contribution in [0, 0.1) is 11.8 Å². The Morgan fingerprint density at radius 3 is 2.78 bits per heavy atom. The van der Waals surface area contributed by atoms with Gasteiger partial charge in [-0.25, -0.2) is 0 Å². The summed E-state index contributed by atoms with van der Waals surface area (Å²) in [4.78, 5) is 19.0. The van der Waals surface area contributed by atoms with Crippen molar-refractivity contribution in [1.82, 2.24) is 10.2 Å². The number of aryl methyl sites for hydroxylation is 1. The minimum Gasteiger partial charge on any atom is -0.352 e. The van der Waals surface area contributed by atoms with Crippen molar-refractivity contribution in [2.24, 2.45) is 11.8 Å². The molecule has 3 heterocycles. The highest BCUT2D eigenvalue weighted by Gasteiger charge is 2.25. The van der Waals surface area contributed by atoms with E-state index in [2.05, 4.69) is 30.1 Å². The Labute approximate surface area is 172 Å². The number of hydrogen-bond donors (Lipinski definition) is 1. The molecular formula is C22H32N2OS2. The van der Waals surface area contributed by atoms with E-state index in [1.807, 2.05) is 11.3 Å². The van der Waals surface area contributed by atoms with Gasteiger partial charge in [-0.05, 0) is 74.1 Å². The summed E-state index contributed by atoms with van der Waals surface area (Å²) in [6.07, 6.45) is 9.67. The molecule has 1 amide bonds. The van der Waals surface area contributed by atoms with E-state index in [4.69, 9.17) is 0 Å². The van der Waals surface area contributed by atoms with Crippen LogP contribution in [0.25, 0.3) is 6.08 Å². The largest absolute Gasteiger partial charge is 0.352 e. The maximum Gasteiger partial charge on any atom is 0.257 e. The first-order valence-electron chi connectivity index (χ1n) is 10.6. The molecule has 0 radical (unpaired) electrons. The van der Waals surface area contributed by atoms with E-state index in [0.29, 0.717) is 0 Å². The van der Waals surface area contributed by atoms with Gasteiger partial charge in [-0.2, -0.15) is 0 Å². The van der Waals surface area contributed by atoms with Crippen LogP contribution in [0.4, 0.5) is 0 Å². The molecule has 3 aliphatic rings. The van der Waals surface area contributed by atoms with Gasteiger partial charge in [0.2, 0.25) is 0 Å². The van der Waals surface area contributed by atoms with Crippen LogP contribution in [0.1, 0.15) is 60.4 Å². The lowest BCUT2D eigenvalue weighted by Gasteiger charge is -2.34. The molecule has 5 heteroatoms. The van der Waals surface area contributed by atoms with E-state index in [0.717, 1.165) is 42.0 Å². The Morgan fingerprint density at radius 2 is 1.96 bits per heavy atom. The summed E-state index contributed by atoms with van der Waals surface area (Å²) in [6, 6.07) is 0. The minimum atomic E-state index is 0.123. The third kappa shape index (κ3) is 4.63. The number of carbonyl (C=O) groups excluding carboxylic acids is 1. The van der Waals surface area contributed by atoms with Crippen molar-refractivity contribution >= 4 is 35.1 Å². The van der Waals surface area contributed by atoms with Gasteiger partial charge in [0.25, 0.3) is 5.91 Å². The minimum absolute atomic E-state index is 0.123. The van der Waals surface area contributed by atoms with Gasteiger partial charge < -0.3 is 10.2 Å². The third-order valence-electron chi connectivity index (χ3n) is 6.05. The van der Waals surface area contributed by atoms with Gasteiger partial charge in [-0.15, -0.1) is 23.1 Å². The molecular weight excluding hydrogens is 372 g/mol. The number of hydrogen-bond acceptors (Lipinski definition) is 4. The first kappa shape index (κ1) is 19.5. The zero-order valence-electron chi connectivity index (χ0n) is 16.7. The second-order valence-corrected chi connectivity index (χ2v) is 10.8. The van der Waals surface area contributed by atoms with Crippen molar-refractivity contribution < 1.29 is 4.79 Å². The number of carbonyl (C=O) groups is 1. The zero-order chi connectivity index (χ0) is 18.8. The lowest BCUT2D eigenvalue weighted by Crippen LogP contribution is -2.40. The highest BCUT2D eigenvalue weighted by molar-refractivity contribution is 8.03. The summed E-state index contributed by atoms with van der Waals surface area (Å²) in [6.45, 7) is 9.02. The summed E-state index contributed by atoms with van der Waals surface area (Å²) in [5, 5.41) is 3.16. The molecule has 3 nitrogen and oxygen atoms in total. The molecule has 4 rings (SSSR count). The van der Waals surface area contributed by atoms with Gasteiger partial charge in [0, 0.05) is 35.1 Å². The smallest absolute Gasteiger partial charge is 0.257 e. The molecule has 1 aromatic rings. The summed E-state index contributed by atoms with van der Waals surface area (Å²) >= 11 is 3.65. The Bertz CT molecular complexity index is 714. The quantitative estimate of drug-likeness (QED) is 0.722. The molecule has 2 aliphatic heterocycles. The van der Waals surface area contributed by atoms with Gasteiger partial charge >= 0.3 is 0 Å². The molecule has 0 spiro atoms. The molecule has 27 heavy (non-hydrogen) atoms. The van der Waals surface area contributed by atoms with Crippen LogP contribution in [0.15, 0.2) is 4.91 Å². The highest BCUT2D eigenvalue weighted by atomic mass is 32.2. The second-order valence-electron chi connectivity index (χ2n) is 8.67. The maximum atomic E-state index is 12.6. The molecule has 1 fully saturated rings. The number of thioether (sulfide) groups is 1. The lowest BCUT2D eigenvalue weighted by molar-refractivity contribution is -0.116. The van der Waals surface area contributed by atoms with Gasteiger partial charge in [0.05, 0.1) is 4.91 Å². The average molecular weight is 405 g/mol. The van der Waals surface area contributed by atoms with Crippen molar-refractivity contribution in [3.63, 3.8) is 0 Å². The molecule has 0 unspecified atom stereocenters. The van der Waals surface area contributed by atoms with Crippen molar-refractivity contribution in [2.45, 2.75) is 58.1 Å². The molecule has 148 valence electrons. The molecule has 0 aromatic carbocycles. The van der Waals surface area contributed by atoms with Gasteiger partial charge in [-0.1, -0.05) is 13.8 Å². The summed E-state index contributed by atoms with van der Waals surface area (Å²) < 4.78 is 0. The summed E-state index contributed by atoms with van der Waals surface area (Å²) in [7, 11) is 0. The number of amides is 1. The molecule has 2 atom stereocenters. The number of thiophene rings is 1. The van der Waals surface area contributed by atoms with Gasteiger partial charge in [0.15, 0.2) is 0 Å². The van der Waals surface area contributed by atoms with Crippen molar-refractivity contribution in [3.8, 4) is 0 Å². The predicted octanol–water partition coefficient (Wildman–Crippen LogP) is 4.70. The normalized spacial score (nSPS) is 25.5. The Balaban J connectivity index is 1.27. The monoisotopic (exact) mass is 404 g/mol. The lowest BCUT2D eigenvalue weighted by atomic mass is 9.92. The summed E-state index contributed by atoms with van der Waals surface area (Å²) in [5.41, 5.74) is 3.12. The van der Waals surface area contributed by atoms with E-state index in [1.54, 1.807) is 22.2 Å². The molecule has 1 aliphatic carbocycles. The van der Waals surface area contributed by atoms with Crippen LogP contribution >= 0.6 is 23.1 Å². The highest BCUT2D eigenvalue weighted by Crippen LogP contribution is 2.42. The third-order valence-corrected chi connectivity index (χ3v) is 8.38. The number of fused-ring (bicyclic) bond motifs is 3. The second kappa shape index (κ2) is 8.71. The standard InChI is InChI=1S/C22H32N2OS2/c1-15-10-16(2)13-24(12-15)9-5-8-23-22(25)21-11-20-18(14-26-21)17-6-3-4-7-19(17)27-20/h11,15-16H,3-10,12-14H2,1-2H3,(H,23,25)/t15-,16-/m0/s1. The van der Waals surface area contributed by atoms with Crippen LogP contribution in [0.3, 0.4) is 0 Å². The van der Waals surface area contributed by atoms with Crippen LogP contribution in [-0.4, -0.2) is 37.0 Å².